The summed E-state index contributed by atoms with van der Waals surface area (Å²) < 4.78 is 3.89. The molecular weight excluding hydrogens is 138 g/mol. The summed E-state index contributed by atoms with van der Waals surface area (Å²) in [4.78, 5) is 18.6. The lowest BCUT2D eigenvalue weighted by molar-refractivity contribution is -0.131. The first-order chi connectivity index (χ1) is 4.54. The second-order valence-electron chi connectivity index (χ2n) is 1.07. The maximum atomic E-state index is 9.37. The Labute approximate surface area is 58.1 Å². The van der Waals surface area contributed by atoms with Crippen molar-refractivity contribution in [3.05, 3.63) is 12.7 Å². The van der Waals surface area contributed by atoms with Gasteiger partial charge in [0.2, 0.25) is 0 Å². The Morgan fingerprint density at radius 3 is 1.90 bits per heavy atom. The minimum absolute atomic E-state index is 0.745. The van der Waals surface area contributed by atoms with Gasteiger partial charge in [0.1, 0.15) is 0 Å². The standard InChI is InChI=1S/C3H4O2.C2H5NO2/c1-2-3(4)5;1-5-2(3)4/h2H,1H2,(H,4,5);1H3,(H2,3,4). The highest BCUT2D eigenvalue weighted by atomic mass is 16.5. The van der Waals surface area contributed by atoms with E-state index in [-0.39, 0.29) is 0 Å². The van der Waals surface area contributed by atoms with E-state index in [0.717, 1.165) is 6.08 Å². The number of hydrogen-bond donors (Lipinski definition) is 2. The Morgan fingerprint density at radius 2 is 1.90 bits per heavy atom. The van der Waals surface area contributed by atoms with Crippen LogP contribution in [0.4, 0.5) is 4.79 Å². The van der Waals surface area contributed by atoms with Crippen molar-refractivity contribution in [3.63, 3.8) is 0 Å². The smallest absolute Gasteiger partial charge is 0.404 e. The molecule has 0 spiro atoms. The average Bonchev–Trinajstić information content (AvgIpc) is 1.89. The maximum absolute atomic E-state index is 9.37. The van der Waals surface area contributed by atoms with Crippen LogP contribution in [0.25, 0.3) is 0 Å². The van der Waals surface area contributed by atoms with E-state index >= 15 is 0 Å². The molecule has 0 atom stereocenters. The molecule has 10 heavy (non-hydrogen) atoms. The van der Waals surface area contributed by atoms with Crippen molar-refractivity contribution in [2.45, 2.75) is 0 Å². The number of aliphatic carboxylic acids is 1. The number of methoxy groups -OCH3 is 1. The van der Waals surface area contributed by atoms with Gasteiger partial charge in [-0.3, -0.25) is 0 Å². The number of carboxylic acid groups (broad SMARTS) is 1. The van der Waals surface area contributed by atoms with Gasteiger partial charge >= 0.3 is 12.1 Å². The molecule has 3 N–H and O–H groups in total. The van der Waals surface area contributed by atoms with Crippen LogP contribution in [0.1, 0.15) is 0 Å². The third-order valence-electron chi connectivity index (χ3n) is 0.376. The van der Waals surface area contributed by atoms with Crippen LogP contribution in [0.5, 0.6) is 0 Å². The first-order valence-corrected chi connectivity index (χ1v) is 2.23. The Hall–Kier alpha value is -1.52. The molecule has 0 aliphatic rings. The van der Waals surface area contributed by atoms with Gasteiger partial charge in [-0.1, -0.05) is 6.58 Å². The summed E-state index contributed by atoms with van der Waals surface area (Å²) in [6.07, 6.45) is 0.0880. The van der Waals surface area contributed by atoms with Gasteiger partial charge in [0.25, 0.3) is 0 Å². The van der Waals surface area contributed by atoms with Gasteiger partial charge in [-0.05, 0) is 0 Å². The highest BCUT2D eigenvalue weighted by Crippen LogP contribution is 1.55. The molecule has 0 aromatic carbocycles. The Kier molecular flexibility index (Phi) is 8.45. The topological polar surface area (TPSA) is 89.6 Å². The zero-order valence-corrected chi connectivity index (χ0v) is 5.53. The molecule has 0 rings (SSSR count). The zero-order valence-electron chi connectivity index (χ0n) is 5.53. The predicted octanol–water partition coefficient (Wildman–Crippen LogP) is -0.0315. The molecule has 0 radical (unpaired) electrons. The highest BCUT2D eigenvalue weighted by molar-refractivity contribution is 5.78. The number of primary amides is 1. The Morgan fingerprint density at radius 1 is 1.70 bits per heavy atom. The summed E-state index contributed by atoms with van der Waals surface area (Å²) in [7, 11) is 1.22. The van der Waals surface area contributed by atoms with Crippen LogP contribution in [-0.2, 0) is 9.53 Å². The van der Waals surface area contributed by atoms with Gasteiger partial charge in [-0.2, -0.15) is 0 Å². The fourth-order valence-corrected chi connectivity index (χ4v) is 0. The monoisotopic (exact) mass is 147 g/mol. The molecule has 0 aromatic rings. The van der Waals surface area contributed by atoms with Crippen molar-refractivity contribution < 1.29 is 19.4 Å². The number of hydrogen-bond acceptors (Lipinski definition) is 3. The lowest BCUT2D eigenvalue weighted by atomic mass is 10.7. The predicted molar refractivity (Wildman–Crippen MR) is 34.4 cm³/mol. The molecule has 0 saturated heterocycles. The molecule has 0 aromatic heterocycles. The fourth-order valence-electron chi connectivity index (χ4n) is 0. The van der Waals surface area contributed by atoms with E-state index in [1.807, 2.05) is 0 Å². The first kappa shape index (κ1) is 11.3. The fraction of sp³-hybridized carbons (Fsp3) is 0.200. The van der Waals surface area contributed by atoms with Gasteiger partial charge in [-0.15, -0.1) is 0 Å². The van der Waals surface area contributed by atoms with E-state index in [1.165, 1.54) is 7.11 Å². The molecule has 0 saturated carbocycles. The molecule has 58 valence electrons. The highest BCUT2D eigenvalue weighted by Gasteiger charge is 1.76. The minimum Gasteiger partial charge on any atom is -0.478 e. The van der Waals surface area contributed by atoms with E-state index in [1.54, 1.807) is 0 Å². The third kappa shape index (κ3) is 31.6. The molecule has 0 aliphatic carbocycles. The van der Waals surface area contributed by atoms with E-state index in [0.29, 0.717) is 0 Å². The number of rotatable bonds is 1. The van der Waals surface area contributed by atoms with Gasteiger partial charge in [0.15, 0.2) is 0 Å². The number of carboxylic acids is 1. The second kappa shape index (κ2) is 7.48. The van der Waals surface area contributed by atoms with Gasteiger partial charge in [0.05, 0.1) is 7.11 Å². The van der Waals surface area contributed by atoms with Gasteiger partial charge in [-0.25, -0.2) is 9.59 Å². The van der Waals surface area contributed by atoms with Crippen LogP contribution >= 0.6 is 0 Å². The summed E-state index contributed by atoms with van der Waals surface area (Å²) in [5, 5.41) is 7.60. The number of carbonyl (C=O) groups is 2. The Bertz CT molecular complexity index is 132. The summed E-state index contributed by atoms with van der Waals surface area (Å²) in [5.74, 6) is -0.981. The number of nitrogens with two attached hydrogens (primary N) is 1. The summed E-state index contributed by atoms with van der Waals surface area (Å²) in [5.41, 5.74) is 4.43. The number of amides is 1. The minimum atomic E-state index is -0.981. The van der Waals surface area contributed by atoms with E-state index in [9.17, 15) is 9.59 Å². The van der Waals surface area contributed by atoms with Crippen molar-refractivity contribution in [1.29, 1.82) is 0 Å². The SMILES string of the molecule is C=CC(=O)O.COC(N)=O. The van der Waals surface area contributed by atoms with Gasteiger partial charge < -0.3 is 15.6 Å². The third-order valence-corrected chi connectivity index (χ3v) is 0.376. The van der Waals surface area contributed by atoms with Crippen LogP contribution in [0.3, 0.4) is 0 Å². The summed E-state index contributed by atoms with van der Waals surface area (Å²) >= 11 is 0. The zero-order chi connectivity index (χ0) is 8.57. The number of ether oxygens (including phenoxy) is 1. The van der Waals surface area contributed by atoms with E-state index < -0.39 is 12.1 Å². The van der Waals surface area contributed by atoms with Crippen LogP contribution in [-0.4, -0.2) is 24.3 Å². The van der Waals surface area contributed by atoms with Crippen molar-refractivity contribution in [3.8, 4) is 0 Å². The van der Waals surface area contributed by atoms with E-state index in [2.05, 4.69) is 17.0 Å². The Balaban J connectivity index is 0. The van der Waals surface area contributed by atoms with Crippen LogP contribution in [0.2, 0.25) is 0 Å². The average molecular weight is 147 g/mol. The lowest BCUT2D eigenvalue weighted by Gasteiger charge is -1.81. The van der Waals surface area contributed by atoms with Crippen molar-refractivity contribution in [2.75, 3.05) is 7.11 Å². The van der Waals surface area contributed by atoms with Crippen LogP contribution in [0.15, 0.2) is 12.7 Å². The molecule has 0 heterocycles. The quantitative estimate of drug-likeness (QED) is 0.509. The van der Waals surface area contributed by atoms with Crippen molar-refractivity contribution >= 4 is 12.1 Å². The van der Waals surface area contributed by atoms with Crippen molar-refractivity contribution in [1.82, 2.24) is 0 Å². The maximum Gasteiger partial charge on any atom is 0.404 e. The summed E-state index contributed by atoms with van der Waals surface area (Å²) in [6.45, 7) is 2.96. The lowest BCUT2D eigenvalue weighted by Crippen LogP contribution is -2.08. The number of carbonyl (C=O) groups excluding carboxylic acids is 1. The summed E-state index contributed by atoms with van der Waals surface area (Å²) in [6, 6.07) is 0. The molecule has 5 heteroatoms. The van der Waals surface area contributed by atoms with Crippen LogP contribution in [0, 0.1) is 0 Å². The molecule has 1 amide bonds. The normalized spacial score (nSPS) is 6.50. The molecule has 5 nitrogen and oxygen atoms in total. The molecule has 0 aliphatic heterocycles. The molecule has 0 fully saturated rings. The first-order valence-electron chi connectivity index (χ1n) is 2.23. The molecule has 0 bridgehead atoms. The molecule has 0 unspecified atom stereocenters. The van der Waals surface area contributed by atoms with Gasteiger partial charge in [0, 0.05) is 6.08 Å². The van der Waals surface area contributed by atoms with Crippen molar-refractivity contribution in [2.24, 2.45) is 5.73 Å². The van der Waals surface area contributed by atoms with Crippen LogP contribution < -0.4 is 5.73 Å². The molecular formula is C5H9NO4. The largest absolute Gasteiger partial charge is 0.478 e. The second-order valence-corrected chi connectivity index (χ2v) is 1.07. The van der Waals surface area contributed by atoms with E-state index in [4.69, 9.17) is 5.11 Å².